The van der Waals surface area contributed by atoms with Gasteiger partial charge in [-0.2, -0.15) is 5.26 Å². The van der Waals surface area contributed by atoms with Crippen LogP contribution in [0, 0.1) is 23.2 Å². The van der Waals surface area contributed by atoms with Gasteiger partial charge in [0.25, 0.3) is 0 Å². The maximum atomic E-state index is 9.17. The van der Waals surface area contributed by atoms with Crippen molar-refractivity contribution in [3.63, 3.8) is 0 Å². The van der Waals surface area contributed by atoms with Gasteiger partial charge >= 0.3 is 0 Å². The summed E-state index contributed by atoms with van der Waals surface area (Å²) in [6.07, 6.45) is 3.72. The maximum Gasteiger partial charge on any atom is 0.101 e. The molecule has 0 heterocycles. The first-order valence-electron chi connectivity index (χ1n) is 6.54. The first-order chi connectivity index (χ1) is 8.58. The molecule has 1 aliphatic carbocycles. The molecule has 0 spiro atoms. The zero-order valence-corrected chi connectivity index (χ0v) is 12.5. The van der Waals surface area contributed by atoms with Gasteiger partial charge in [-0.1, -0.05) is 29.8 Å². The lowest BCUT2D eigenvalue weighted by Gasteiger charge is -2.32. The molecule has 1 aromatic carbocycles. The molecule has 1 saturated carbocycles. The summed E-state index contributed by atoms with van der Waals surface area (Å²) in [4.78, 5) is 0. The fourth-order valence-corrected chi connectivity index (χ4v) is 3.38. The van der Waals surface area contributed by atoms with Gasteiger partial charge in [0.15, 0.2) is 0 Å². The Balaban J connectivity index is 2.12. The standard InChI is InChI=1S/C15H19BrN2/c1-10-5-11(2)7-14(6-10)18-15-4-3-13(16)8-12(15)9-17/h3-4,8,10-11,14,18H,5-7H2,1-2H3. The molecule has 2 nitrogen and oxygen atoms in total. The molecule has 18 heavy (non-hydrogen) atoms. The average molecular weight is 307 g/mol. The minimum absolute atomic E-state index is 0.497. The van der Waals surface area contributed by atoms with Crippen molar-refractivity contribution in [2.24, 2.45) is 11.8 Å². The third-order valence-electron chi connectivity index (χ3n) is 3.64. The molecule has 0 saturated heterocycles. The van der Waals surface area contributed by atoms with E-state index in [-0.39, 0.29) is 0 Å². The van der Waals surface area contributed by atoms with E-state index in [2.05, 4.69) is 41.2 Å². The van der Waals surface area contributed by atoms with E-state index in [9.17, 15) is 0 Å². The van der Waals surface area contributed by atoms with Crippen molar-refractivity contribution in [1.82, 2.24) is 0 Å². The van der Waals surface area contributed by atoms with Gasteiger partial charge in [-0.15, -0.1) is 0 Å². The van der Waals surface area contributed by atoms with Crippen LogP contribution in [0.4, 0.5) is 5.69 Å². The topological polar surface area (TPSA) is 35.8 Å². The van der Waals surface area contributed by atoms with Crippen molar-refractivity contribution in [1.29, 1.82) is 5.26 Å². The number of benzene rings is 1. The van der Waals surface area contributed by atoms with Crippen molar-refractivity contribution in [3.8, 4) is 6.07 Å². The molecule has 1 N–H and O–H groups in total. The van der Waals surface area contributed by atoms with Crippen molar-refractivity contribution >= 4 is 21.6 Å². The van der Waals surface area contributed by atoms with Crippen molar-refractivity contribution < 1.29 is 0 Å². The number of hydrogen-bond acceptors (Lipinski definition) is 2. The molecule has 3 heteroatoms. The Morgan fingerprint density at radius 2 is 1.89 bits per heavy atom. The van der Waals surface area contributed by atoms with Gasteiger partial charge in [-0.25, -0.2) is 0 Å². The SMILES string of the molecule is CC1CC(C)CC(Nc2ccc(Br)cc2C#N)C1. The predicted octanol–water partition coefficient (Wildman–Crippen LogP) is 4.56. The van der Waals surface area contributed by atoms with E-state index in [0.29, 0.717) is 6.04 Å². The quantitative estimate of drug-likeness (QED) is 0.869. The molecule has 1 aliphatic rings. The van der Waals surface area contributed by atoms with Gasteiger partial charge < -0.3 is 5.32 Å². The highest BCUT2D eigenvalue weighted by molar-refractivity contribution is 9.10. The number of nitrogens with one attached hydrogen (secondary N) is 1. The molecule has 1 aromatic rings. The van der Waals surface area contributed by atoms with Crippen LogP contribution in [0.1, 0.15) is 38.7 Å². The number of nitriles is 1. The van der Waals surface area contributed by atoms with Crippen LogP contribution in [-0.2, 0) is 0 Å². The van der Waals surface area contributed by atoms with Crippen molar-refractivity contribution in [3.05, 3.63) is 28.2 Å². The van der Waals surface area contributed by atoms with Crippen LogP contribution in [0.3, 0.4) is 0 Å². The van der Waals surface area contributed by atoms with E-state index >= 15 is 0 Å². The Morgan fingerprint density at radius 3 is 2.50 bits per heavy atom. The fraction of sp³-hybridized carbons (Fsp3) is 0.533. The van der Waals surface area contributed by atoms with Crippen LogP contribution in [0.2, 0.25) is 0 Å². The first-order valence-corrected chi connectivity index (χ1v) is 7.34. The molecule has 0 bridgehead atoms. The molecule has 2 atom stereocenters. The van der Waals surface area contributed by atoms with Crippen LogP contribution in [-0.4, -0.2) is 6.04 Å². The van der Waals surface area contributed by atoms with Crippen LogP contribution in [0.15, 0.2) is 22.7 Å². The Hall–Kier alpha value is -1.01. The molecule has 96 valence electrons. The highest BCUT2D eigenvalue weighted by Gasteiger charge is 2.24. The fourth-order valence-electron chi connectivity index (χ4n) is 3.02. The number of halogens is 1. The molecule has 2 rings (SSSR count). The highest BCUT2D eigenvalue weighted by Crippen LogP contribution is 2.31. The van der Waals surface area contributed by atoms with Gasteiger partial charge in [-0.05, 0) is 49.3 Å². The minimum Gasteiger partial charge on any atom is -0.381 e. The van der Waals surface area contributed by atoms with E-state index in [1.165, 1.54) is 19.3 Å². The lowest BCUT2D eigenvalue weighted by Crippen LogP contribution is -2.30. The molecule has 0 radical (unpaired) electrons. The number of rotatable bonds is 2. The molecular formula is C15H19BrN2. The lowest BCUT2D eigenvalue weighted by atomic mass is 9.80. The number of hydrogen-bond donors (Lipinski definition) is 1. The summed E-state index contributed by atoms with van der Waals surface area (Å²) < 4.78 is 0.954. The second-order valence-corrected chi connectivity index (χ2v) is 6.48. The monoisotopic (exact) mass is 306 g/mol. The lowest BCUT2D eigenvalue weighted by molar-refractivity contribution is 0.281. The van der Waals surface area contributed by atoms with Gasteiger partial charge in [0.05, 0.1) is 11.3 Å². The predicted molar refractivity (Wildman–Crippen MR) is 78.4 cm³/mol. The molecule has 0 amide bonds. The van der Waals surface area contributed by atoms with Crippen molar-refractivity contribution in [2.45, 2.75) is 39.2 Å². The zero-order chi connectivity index (χ0) is 13.1. The Morgan fingerprint density at radius 1 is 1.22 bits per heavy atom. The van der Waals surface area contributed by atoms with Gasteiger partial charge in [0.2, 0.25) is 0 Å². The Labute approximate surface area is 118 Å². The Kier molecular flexibility index (Phi) is 4.29. The van der Waals surface area contributed by atoms with Gasteiger partial charge in [-0.3, -0.25) is 0 Å². The zero-order valence-electron chi connectivity index (χ0n) is 10.9. The largest absolute Gasteiger partial charge is 0.381 e. The van der Waals surface area contributed by atoms with E-state index in [0.717, 1.165) is 27.6 Å². The minimum atomic E-state index is 0.497. The average Bonchev–Trinajstić information content (AvgIpc) is 2.30. The molecule has 1 fully saturated rings. The third-order valence-corrected chi connectivity index (χ3v) is 4.13. The smallest absolute Gasteiger partial charge is 0.101 e. The van der Waals surface area contributed by atoms with Gasteiger partial charge in [0.1, 0.15) is 6.07 Å². The molecule has 0 aromatic heterocycles. The second-order valence-electron chi connectivity index (χ2n) is 5.56. The third kappa shape index (κ3) is 3.26. The Bertz CT molecular complexity index is 454. The summed E-state index contributed by atoms with van der Waals surface area (Å²) in [6.45, 7) is 4.63. The summed E-state index contributed by atoms with van der Waals surface area (Å²) in [5.41, 5.74) is 1.68. The number of anilines is 1. The molecule has 0 aliphatic heterocycles. The van der Waals surface area contributed by atoms with E-state index < -0.39 is 0 Å². The summed E-state index contributed by atoms with van der Waals surface area (Å²) in [5.74, 6) is 1.54. The molecule has 2 unspecified atom stereocenters. The van der Waals surface area contributed by atoms with Crippen LogP contribution < -0.4 is 5.32 Å². The van der Waals surface area contributed by atoms with Crippen molar-refractivity contribution in [2.75, 3.05) is 5.32 Å². The van der Waals surface area contributed by atoms with E-state index in [1.807, 2.05) is 18.2 Å². The second kappa shape index (κ2) is 5.75. The van der Waals surface area contributed by atoms with Crippen LogP contribution in [0.25, 0.3) is 0 Å². The summed E-state index contributed by atoms with van der Waals surface area (Å²) in [6, 6.07) is 8.60. The first kappa shape index (κ1) is 13.4. The maximum absolute atomic E-state index is 9.17. The summed E-state index contributed by atoms with van der Waals surface area (Å²) in [5, 5.41) is 12.7. The highest BCUT2D eigenvalue weighted by atomic mass is 79.9. The van der Waals surface area contributed by atoms with E-state index in [1.54, 1.807) is 0 Å². The summed E-state index contributed by atoms with van der Waals surface area (Å²) >= 11 is 3.40. The normalized spacial score (nSPS) is 27.6. The summed E-state index contributed by atoms with van der Waals surface area (Å²) in [7, 11) is 0. The van der Waals surface area contributed by atoms with E-state index in [4.69, 9.17) is 5.26 Å². The van der Waals surface area contributed by atoms with Crippen LogP contribution in [0.5, 0.6) is 0 Å². The molecular weight excluding hydrogens is 288 g/mol. The van der Waals surface area contributed by atoms with Gasteiger partial charge in [0, 0.05) is 10.5 Å². The number of nitrogens with zero attached hydrogens (tertiary/aromatic N) is 1. The van der Waals surface area contributed by atoms with Crippen LogP contribution >= 0.6 is 15.9 Å².